The minimum atomic E-state index is -0.444. The van der Waals surface area contributed by atoms with Gasteiger partial charge in [-0.2, -0.15) is 0 Å². The number of para-hydroxylation sites is 1. The van der Waals surface area contributed by atoms with Gasteiger partial charge in [-0.15, -0.1) is 0 Å². The summed E-state index contributed by atoms with van der Waals surface area (Å²) >= 11 is 0. The topological polar surface area (TPSA) is 89.4 Å². The summed E-state index contributed by atoms with van der Waals surface area (Å²) in [6.45, 7) is 3.84. The molecule has 0 unspecified atom stereocenters. The van der Waals surface area contributed by atoms with Gasteiger partial charge in [0.15, 0.2) is 5.58 Å². The van der Waals surface area contributed by atoms with Crippen LogP contribution in [0.25, 0.3) is 22.1 Å². The molecule has 0 aliphatic rings. The molecule has 138 valence electrons. The number of carbonyl (C=O) groups is 1. The first-order chi connectivity index (χ1) is 12.9. The van der Waals surface area contributed by atoms with E-state index < -0.39 is 5.76 Å². The van der Waals surface area contributed by atoms with Gasteiger partial charge in [-0.3, -0.25) is 4.57 Å². The molecule has 0 saturated carbocycles. The number of aryl methyl sites for hydroxylation is 2. The molecule has 7 heteroatoms. The number of nitrogens with zero attached hydrogens (tertiary/aromatic N) is 1. The SMILES string of the molecule is Cc1c([C@H](C)NC(=O)Nc2ccc3c(c2)oc(=O)n3C)oc2ccccc12. The number of aromatic nitrogens is 1. The third kappa shape index (κ3) is 2.97. The van der Waals surface area contributed by atoms with E-state index in [1.165, 1.54) is 4.57 Å². The van der Waals surface area contributed by atoms with E-state index in [2.05, 4.69) is 10.6 Å². The van der Waals surface area contributed by atoms with Crippen molar-refractivity contribution in [2.24, 2.45) is 7.05 Å². The Labute approximate surface area is 154 Å². The molecule has 2 N–H and O–H groups in total. The second-order valence-electron chi connectivity index (χ2n) is 6.52. The number of hydrogen-bond donors (Lipinski definition) is 2. The van der Waals surface area contributed by atoms with Crippen LogP contribution in [0.4, 0.5) is 10.5 Å². The minimum absolute atomic E-state index is 0.309. The standard InChI is InChI=1S/C20H19N3O4/c1-11-14-6-4-5-7-16(14)26-18(11)12(2)21-19(24)22-13-8-9-15-17(10-13)27-20(25)23(15)3/h4-10,12H,1-3H3,(H2,21,22,24)/t12-/m0/s1. The fourth-order valence-electron chi connectivity index (χ4n) is 3.25. The highest BCUT2D eigenvalue weighted by molar-refractivity contribution is 5.92. The van der Waals surface area contributed by atoms with Crippen LogP contribution in [0.2, 0.25) is 0 Å². The zero-order valence-electron chi connectivity index (χ0n) is 15.2. The van der Waals surface area contributed by atoms with E-state index in [-0.39, 0.29) is 12.1 Å². The third-order valence-corrected chi connectivity index (χ3v) is 4.67. The predicted molar refractivity (Wildman–Crippen MR) is 103 cm³/mol. The Balaban J connectivity index is 1.51. The number of carbonyl (C=O) groups excluding carboxylic acids is 1. The number of rotatable bonds is 3. The molecule has 0 aliphatic carbocycles. The molecule has 2 heterocycles. The van der Waals surface area contributed by atoms with E-state index in [1.54, 1.807) is 25.2 Å². The van der Waals surface area contributed by atoms with Gasteiger partial charge in [0, 0.05) is 29.8 Å². The lowest BCUT2D eigenvalue weighted by molar-refractivity contribution is 0.248. The van der Waals surface area contributed by atoms with Gasteiger partial charge in [-0.1, -0.05) is 18.2 Å². The van der Waals surface area contributed by atoms with Crippen LogP contribution >= 0.6 is 0 Å². The van der Waals surface area contributed by atoms with Crippen LogP contribution in [-0.4, -0.2) is 10.6 Å². The summed E-state index contributed by atoms with van der Waals surface area (Å²) in [5.41, 5.74) is 3.41. The average molecular weight is 365 g/mol. The van der Waals surface area contributed by atoms with Gasteiger partial charge < -0.3 is 19.5 Å². The maximum absolute atomic E-state index is 12.4. The van der Waals surface area contributed by atoms with Crippen LogP contribution in [0.3, 0.4) is 0 Å². The monoisotopic (exact) mass is 365 g/mol. The van der Waals surface area contributed by atoms with Crippen molar-refractivity contribution in [2.45, 2.75) is 19.9 Å². The summed E-state index contributed by atoms with van der Waals surface area (Å²) in [5, 5.41) is 6.66. The predicted octanol–water partition coefficient (Wildman–Crippen LogP) is 4.07. The van der Waals surface area contributed by atoms with Gasteiger partial charge in [-0.05, 0) is 32.0 Å². The Kier molecular flexibility index (Phi) is 3.99. The van der Waals surface area contributed by atoms with Crippen molar-refractivity contribution in [3.8, 4) is 0 Å². The lowest BCUT2D eigenvalue weighted by Gasteiger charge is -2.13. The first-order valence-corrected chi connectivity index (χ1v) is 8.59. The maximum Gasteiger partial charge on any atom is 0.419 e. The molecule has 0 spiro atoms. The number of amides is 2. The number of hydrogen-bond acceptors (Lipinski definition) is 4. The summed E-state index contributed by atoms with van der Waals surface area (Å²) in [7, 11) is 1.63. The summed E-state index contributed by atoms with van der Waals surface area (Å²) < 4.78 is 12.4. The third-order valence-electron chi connectivity index (χ3n) is 4.67. The van der Waals surface area contributed by atoms with Crippen LogP contribution in [0, 0.1) is 6.92 Å². The normalized spacial score (nSPS) is 12.4. The number of urea groups is 1. The van der Waals surface area contributed by atoms with Gasteiger partial charge in [0.05, 0.1) is 11.6 Å². The zero-order chi connectivity index (χ0) is 19.1. The Morgan fingerprint density at radius 1 is 1.11 bits per heavy atom. The van der Waals surface area contributed by atoms with E-state index in [9.17, 15) is 9.59 Å². The van der Waals surface area contributed by atoms with Crippen molar-refractivity contribution in [1.29, 1.82) is 0 Å². The summed E-state index contributed by atoms with van der Waals surface area (Å²) in [6, 6.07) is 12.1. The smallest absolute Gasteiger partial charge is 0.419 e. The number of fused-ring (bicyclic) bond motifs is 2. The molecular weight excluding hydrogens is 346 g/mol. The van der Waals surface area contributed by atoms with Crippen molar-refractivity contribution in [1.82, 2.24) is 9.88 Å². The molecule has 0 saturated heterocycles. The van der Waals surface area contributed by atoms with Crippen LogP contribution in [0.5, 0.6) is 0 Å². The molecule has 1 atom stereocenters. The fourth-order valence-corrected chi connectivity index (χ4v) is 3.25. The Bertz CT molecular complexity index is 1220. The molecule has 0 bridgehead atoms. The van der Waals surface area contributed by atoms with E-state index >= 15 is 0 Å². The molecule has 2 aromatic carbocycles. The first kappa shape index (κ1) is 17.0. The summed E-state index contributed by atoms with van der Waals surface area (Å²) in [6.07, 6.45) is 0. The number of benzene rings is 2. The number of nitrogens with one attached hydrogen (secondary N) is 2. The fraction of sp³-hybridized carbons (Fsp3) is 0.200. The van der Waals surface area contributed by atoms with E-state index in [0.717, 1.165) is 22.3 Å². The second kappa shape index (κ2) is 6.35. The van der Waals surface area contributed by atoms with E-state index in [1.807, 2.05) is 38.1 Å². The van der Waals surface area contributed by atoms with Gasteiger partial charge in [0.25, 0.3) is 0 Å². The van der Waals surface area contributed by atoms with Crippen molar-refractivity contribution < 1.29 is 13.6 Å². The van der Waals surface area contributed by atoms with Crippen molar-refractivity contribution >= 4 is 33.8 Å². The number of anilines is 1. The largest absolute Gasteiger partial charge is 0.459 e. The highest BCUT2D eigenvalue weighted by Crippen LogP contribution is 2.29. The van der Waals surface area contributed by atoms with Gasteiger partial charge >= 0.3 is 11.8 Å². The van der Waals surface area contributed by atoms with E-state index in [4.69, 9.17) is 8.83 Å². The molecule has 4 rings (SSSR count). The highest BCUT2D eigenvalue weighted by atomic mass is 16.4. The molecule has 4 aromatic rings. The van der Waals surface area contributed by atoms with Crippen LogP contribution in [-0.2, 0) is 7.05 Å². The zero-order valence-corrected chi connectivity index (χ0v) is 15.2. The molecule has 2 amide bonds. The van der Waals surface area contributed by atoms with Crippen molar-refractivity contribution in [3.05, 3.63) is 64.3 Å². The summed E-state index contributed by atoms with van der Waals surface area (Å²) in [4.78, 5) is 23.9. The summed E-state index contributed by atoms with van der Waals surface area (Å²) in [5.74, 6) is 0.274. The van der Waals surface area contributed by atoms with Crippen molar-refractivity contribution in [3.63, 3.8) is 0 Å². The molecule has 0 fully saturated rings. The average Bonchev–Trinajstić information content (AvgIpc) is 3.12. The lowest BCUT2D eigenvalue weighted by atomic mass is 10.1. The maximum atomic E-state index is 12.4. The van der Waals surface area contributed by atoms with Gasteiger partial charge in [0.2, 0.25) is 0 Å². The second-order valence-corrected chi connectivity index (χ2v) is 6.52. The molecule has 7 nitrogen and oxygen atoms in total. The Morgan fingerprint density at radius 3 is 2.67 bits per heavy atom. The Hall–Kier alpha value is -3.48. The highest BCUT2D eigenvalue weighted by Gasteiger charge is 2.18. The number of furan rings is 1. The van der Waals surface area contributed by atoms with Gasteiger partial charge in [0.1, 0.15) is 11.3 Å². The van der Waals surface area contributed by atoms with Crippen LogP contribution < -0.4 is 16.4 Å². The molecule has 27 heavy (non-hydrogen) atoms. The van der Waals surface area contributed by atoms with Crippen molar-refractivity contribution in [2.75, 3.05) is 5.32 Å². The number of oxazole rings is 1. The molecule has 0 aliphatic heterocycles. The Morgan fingerprint density at radius 2 is 1.89 bits per heavy atom. The molecule has 2 aromatic heterocycles. The molecular formula is C20H19N3O4. The van der Waals surface area contributed by atoms with Gasteiger partial charge in [-0.25, -0.2) is 9.59 Å². The first-order valence-electron chi connectivity index (χ1n) is 8.59. The van der Waals surface area contributed by atoms with Crippen LogP contribution in [0.1, 0.15) is 24.3 Å². The van der Waals surface area contributed by atoms with Crippen LogP contribution in [0.15, 0.2) is 56.1 Å². The quantitative estimate of drug-likeness (QED) is 0.573. The lowest BCUT2D eigenvalue weighted by Crippen LogP contribution is -2.31. The minimum Gasteiger partial charge on any atom is -0.459 e. The molecule has 0 radical (unpaired) electrons. The van der Waals surface area contributed by atoms with E-state index in [0.29, 0.717) is 16.8 Å².